The first-order valence-corrected chi connectivity index (χ1v) is 12.3. The molecule has 0 radical (unpaired) electrons. The Bertz CT molecular complexity index is 1320. The Morgan fingerprint density at radius 2 is 1.86 bits per heavy atom. The fourth-order valence-electron chi connectivity index (χ4n) is 4.15. The lowest BCUT2D eigenvalue weighted by atomic mass is 9.99. The lowest BCUT2D eigenvalue weighted by molar-refractivity contribution is -0.117. The molecule has 0 spiro atoms. The van der Waals surface area contributed by atoms with E-state index in [9.17, 15) is 4.79 Å². The van der Waals surface area contributed by atoms with E-state index < -0.39 is 0 Å². The van der Waals surface area contributed by atoms with Crippen LogP contribution in [0.1, 0.15) is 38.3 Å². The monoisotopic (exact) mass is 487 g/mol. The lowest BCUT2D eigenvalue weighted by Gasteiger charge is -2.14. The zero-order valence-corrected chi connectivity index (χ0v) is 21.1. The second-order valence-electron chi connectivity index (χ2n) is 8.70. The minimum absolute atomic E-state index is 0.0611. The highest BCUT2D eigenvalue weighted by atomic mass is 35.5. The molecule has 4 aromatic rings. The van der Waals surface area contributed by atoms with Gasteiger partial charge < -0.3 is 14.5 Å². The molecular formula is C30H30ClNO3. The molecule has 1 atom stereocenters. The summed E-state index contributed by atoms with van der Waals surface area (Å²) < 4.78 is 11.7. The number of amides is 1. The summed E-state index contributed by atoms with van der Waals surface area (Å²) in [6.07, 6.45) is 5.18. The fraction of sp³-hybridized carbons (Fsp3) is 0.233. The number of hydrogen-bond donors (Lipinski definition) is 1. The zero-order valence-electron chi connectivity index (χ0n) is 20.3. The van der Waals surface area contributed by atoms with Gasteiger partial charge in [0.2, 0.25) is 5.91 Å². The summed E-state index contributed by atoms with van der Waals surface area (Å²) in [6, 6.07) is 22.0. The molecule has 0 bridgehead atoms. The van der Waals surface area contributed by atoms with Gasteiger partial charge in [0.05, 0.1) is 12.9 Å². The molecule has 0 fully saturated rings. The van der Waals surface area contributed by atoms with Crippen LogP contribution >= 0.6 is 11.6 Å². The number of allylic oxidation sites excluding steroid dienone is 1. The third-order valence-electron chi connectivity index (χ3n) is 6.00. The van der Waals surface area contributed by atoms with Crippen molar-refractivity contribution >= 4 is 34.1 Å². The number of fused-ring (bicyclic) bond motifs is 1. The summed E-state index contributed by atoms with van der Waals surface area (Å²) >= 11 is 6.06. The van der Waals surface area contributed by atoms with Gasteiger partial charge in [-0.1, -0.05) is 54.1 Å². The Labute approximate surface area is 211 Å². The van der Waals surface area contributed by atoms with Crippen LogP contribution in [-0.2, 0) is 11.2 Å². The Morgan fingerprint density at radius 1 is 1.11 bits per heavy atom. The van der Waals surface area contributed by atoms with E-state index in [-0.39, 0.29) is 11.9 Å². The lowest BCUT2D eigenvalue weighted by Crippen LogP contribution is -2.31. The van der Waals surface area contributed by atoms with E-state index in [1.54, 1.807) is 12.3 Å². The van der Waals surface area contributed by atoms with Gasteiger partial charge >= 0.3 is 0 Å². The molecule has 5 heteroatoms. The number of nitrogens with one attached hydrogen (secondary N) is 1. The summed E-state index contributed by atoms with van der Waals surface area (Å²) in [6.45, 7) is 6.42. The molecule has 1 aromatic heterocycles. The van der Waals surface area contributed by atoms with Crippen molar-refractivity contribution in [1.29, 1.82) is 0 Å². The molecule has 3 aromatic carbocycles. The minimum atomic E-state index is -0.115. The molecule has 0 aliphatic rings. The molecule has 0 aliphatic heterocycles. The molecular weight excluding hydrogens is 458 g/mol. The maximum atomic E-state index is 12.8. The van der Waals surface area contributed by atoms with Crippen molar-refractivity contribution in [2.75, 3.05) is 6.61 Å². The third-order valence-corrected chi connectivity index (χ3v) is 6.25. The largest absolute Gasteiger partial charge is 0.493 e. The van der Waals surface area contributed by atoms with Crippen molar-refractivity contribution in [3.63, 3.8) is 0 Å². The Kier molecular flexibility index (Phi) is 7.94. The highest BCUT2D eigenvalue weighted by Crippen LogP contribution is 2.37. The highest BCUT2D eigenvalue weighted by Gasteiger charge is 2.16. The van der Waals surface area contributed by atoms with Gasteiger partial charge in [-0.15, -0.1) is 0 Å². The van der Waals surface area contributed by atoms with Crippen LogP contribution in [0.4, 0.5) is 0 Å². The van der Waals surface area contributed by atoms with Gasteiger partial charge in [0.1, 0.15) is 11.3 Å². The van der Waals surface area contributed by atoms with Crippen LogP contribution in [0, 0.1) is 0 Å². The van der Waals surface area contributed by atoms with Crippen LogP contribution in [0.5, 0.6) is 5.75 Å². The van der Waals surface area contributed by atoms with Gasteiger partial charge in [0.25, 0.3) is 0 Å². The standard InChI is InChI=1S/C30H30ClNO3/c1-4-34-28-18-29-26(27(19-35-29)23-12-14-24(31)15-13-23)17-25(28)20(2)16-30(33)32-21(3)10-11-22-8-6-5-7-9-22/h5-9,12-19,21H,4,10-11H2,1-3H3,(H,32,33)/b20-16+. The average molecular weight is 488 g/mol. The van der Waals surface area contributed by atoms with E-state index in [4.69, 9.17) is 20.8 Å². The number of rotatable bonds is 9. The molecule has 1 unspecified atom stereocenters. The molecule has 35 heavy (non-hydrogen) atoms. The molecule has 1 heterocycles. The predicted octanol–water partition coefficient (Wildman–Crippen LogP) is 7.69. The third kappa shape index (κ3) is 6.14. The molecule has 1 amide bonds. The summed E-state index contributed by atoms with van der Waals surface area (Å²) in [5.41, 5.74) is 5.66. The zero-order chi connectivity index (χ0) is 24.8. The summed E-state index contributed by atoms with van der Waals surface area (Å²) in [5, 5.41) is 4.73. The minimum Gasteiger partial charge on any atom is -0.493 e. The number of benzene rings is 3. The Balaban J connectivity index is 1.56. The molecule has 180 valence electrons. The summed E-state index contributed by atoms with van der Waals surface area (Å²) in [7, 11) is 0. The first-order valence-electron chi connectivity index (χ1n) is 11.9. The van der Waals surface area contributed by atoms with Crippen LogP contribution in [0.3, 0.4) is 0 Å². The van der Waals surface area contributed by atoms with Crippen molar-refractivity contribution < 1.29 is 13.9 Å². The Hall–Kier alpha value is -3.50. The van der Waals surface area contributed by atoms with Crippen molar-refractivity contribution in [2.45, 2.75) is 39.7 Å². The van der Waals surface area contributed by atoms with Crippen LogP contribution in [0.15, 0.2) is 83.5 Å². The van der Waals surface area contributed by atoms with Gasteiger partial charge in [-0.2, -0.15) is 0 Å². The van der Waals surface area contributed by atoms with E-state index in [1.807, 2.05) is 75.4 Å². The maximum Gasteiger partial charge on any atom is 0.244 e. The highest BCUT2D eigenvalue weighted by molar-refractivity contribution is 6.30. The van der Waals surface area contributed by atoms with Gasteiger partial charge in [-0.25, -0.2) is 0 Å². The first-order chi connectivity index (χ1) is 16.9. The van der Waals surface area contributed by atoms with Crippen LogP contribution in [0.25, 0.3) is 27.7 Å². The molecule has 4 rings (SSSR count). The molecule has 1 N–H and O–H groups in total. The number of carbonyl (C=O) groups excluding carboxylic acids is 1. The number of ether oxygens (including phenoxy) is 1. The van der Waals surface area contributed by atoms with Crippen molar-refractivity contribution in [1.82, 2.24) is 5.32 Å². The van der Waals surface area contributed by atoms with Crippen molar-refractivity contribution in [3.8, 4) is 16.9 Å². The molecule has 0 saturated carbocycles. The second kappa shape index (κ2) is 11.3. The van der Waals surface area contributed by atoms with Crippen LogP contribution in [-0.4, -0.2) is 18.6 Å². The Morgan fingerprint density at radius 3 is 2.57 bits per heavy atom. The number of halogens is 1. The van der Waals surface area contributed by atoms with Crippen LogP contribution < -0.4 is 10.1 Å². The van der Waals surface area contributed by atoms with Gasteiger partial charge in [-0.3, -0.25) is 4.79 Å². The smallest absolute Gasteiger partial charge is 0.244 e. The van der Waals surface area contributed by atoms with E-state index in [0.29, 0.717) is 17.4 Å². The average Bonchev–Trinajstić information content (AvgIpc) is 3.26. The molecule has 0 aliphatic carbocycles. The van der Waals surface area contributed by atoms with Crippen molar-refractivity contribution in [2.24, 2.45) is 0 Å². The van der Waals surface area contributed by atoms with Gasteiger partial charge in [-0.05, 0) is 68.5 Å². The summed E-state index contributed by atoms with van der Waals surface area (Å²) in [4.78, 5) is 12.8. The number of carbonyl (C=O) groups is 1. The number of hydrogen-bond acceptors (Lipinski definition) is 3. The van der Waals surface area contributed by atoms with E-state index in [1.165, 1.54) is 5.56 Å². The van der Waals surface area contributed by atoms with Gasteiger partial charge in [0, 0.05) is 39.7 Å². The van der Waals surface area contributed by atoms with Gasteiger partial charge in [0.15, 0.2) is 0 Å². The van der Waals surface area contributed by atoms with E-state index in [0.717, 1.165) is 46.1 Å². The number of furan rings is 1. The topological polar surface area (TPSA) is 51.5 Å². The van der Waals surface area contributed by atoms with E-state index in [2.05, 4.69) is 17.4 Å². The quantitative estimate of drug-likeness (QED) is 0.246. The summed E-state index contributed by atoms with van der Waals surface area (Å²) in [5.74, 6) is 0.575. The normalized spacial score (nSPS) is 12.5. The molecule has 4 nitrogen and oxygen atoms in total. The van der Waals surface area contributed by atoms with Crippen molar-refractivity contribution in [3.05, 3.63) is 95.2 Å². The second-order valence-corrected chi connectivity index (χ2v) is 9.13. The fourth-order valence-corrected chi connectivity index (χ4v) is 4.28. The van der Waals surface area contributed by atoms with Crippen LogP contribution in [0.2, 0.25) is 5.02 Å². The first kappa shape index (κ1) is 24.6. The molecule has 0 saturated heterocycles. The number of aryl methyl sites for hydroxylation is 1. The predicted molar refractivity (Wildman–Crippen MR) is 144 cm³/mol. The van der Waals surface area contributed by atoms with E-state index >= 15 is 0 Å². The maximum absolute atomic E-state index is 12.8. The SMILES string of the molecule is CCOc1cc2occ(-c3ccc(Cl)cc3)c2cc1/C(C)=C/C(=O)NC(C)CCc1ccccc1.